The third-order valence-electron chi connectivity index (χ3n) is 2.76. The molecule has 0 atom stereocenters. The van der Waals surface area contributed by atoms with E-state index in [1.165, 1.54) is 0 Å². The summed E-state index contributed by atoms with van der Waals surface area (Å²) in [5, 5.41) is 2.82. The summed E-state index contributed by atoms with van der Waals surface area (Å²) in [5.74, 6) is -0.241. The maximum Gasteiger partial charge on any atom is 0.411 e. The Bertz CT molecular complexity index is 266. The fourth-order valence-electron chi connectivity index (χ4n) is 1.85. The summed E-state index contributed by atoms with van der Waals surface area (Å²) in [6, 6.07) is 0.147. The van der Waals surface area contributed by atoms with Gasteiger partial charge in [-0.3, -0.25) is 4.79 Å². The fraction of sp³-hybridized carbons (Fsp3) is 0.909. The number of rotatable bonds is 5. The first-order chi connectivity index (χ1) is 8.37. The molecule has 0 saturated heterocycles. The molecular formula is C11H17BrF3NO2. The van der Waals surface area contributed by atoms with E-state index in [1.54, 1.807) is 0 Å². The highest BCUT2D eigenvalue weighted by molar-refractivity contribution is 9.09. The predicted molar refractivity (Wildman–Crippen MR) is 64.6 cm³/mol. The first-order valence-corrected chi connectivity index (χ1v) is 6.86. The Morgan fingerprint density at radius 1 is 1.28 bits per heavy atom. The van der Waals surface area contributed by atoms with Gasteiger partial charge in [-0.15, -0.1) is 0 Å². The van der Waals surface area contributed by atoms with Crippen LogP contribution in [0.3, 0.4) is 0 Å². The number of alkyl halides is 4. The zero-order valence-corrected chi connectivity index (χ0v) is 11.5. The topological polar surface area (TPSA) is 38.3 Å². The zero-order chi connectivity index (χ0) is 13.6. The van der Waals surface area contributed by atoms with Gasteiger partial charge in [0.05, 0.1) is 6.61 Å². The third kappa shape index (κ3) is 7.20. The average Bonchev–Trinajstić information content (AvgIpc) is 2.26. The van der Waals surface area contributed by atoms with Crippen LogP contribution in [0.5, 0.6) is 0 Å². The average molecular weight is 332 g/mol. The smallest absolute Gasteiger partial charge is 0.372 e. The minimum absolute atomic E-state index is 0.0235. The molecule has 1 N–H and O–H groups in total. The first-order valence-electron chi connectivity index (χ1n) is 5.95. The van der Waals surface area contributed by atoms with Crippen molar-refractivity contribution in [1.82, 2.24) is 5.32 Å². The van der Waals surface area contributed by atoms with Gasteiger partial charge in [0.2, 0.25) is 5.91 Å². The molecule has 106 valence electrons. The van der Waals surface area contributed by atoms with Crippen LogP contribution in [0.15, 0.2) is 0 Å². The number of nitrogens with one attached hydrogen (secondary N) is 1. The molecule has 7 heteroatoms. The van der Waals surface area contributed by atoms with Crippen LogP contribution in [0.25, 0.3) is 0 Å². The monoisotopic (exact) mass is 331 g/mol. The summed E-state index contributed by atoms with van der Waals surface area (Å²) in [5.41, 5.74) is 0. The first kappa shape index (κ1) is 15.8. The number of carbonyl (C=O) groups is 1. The van der Waals surface area contributed by atoms with E-state index in [-0.39, 0.29) is 25.0 Å². The lowest BCUT2D eigenvalue weighted by atomic mass is 9.95. The van der Waals surface area contributed by atoms with E-state index < -0.39 is 12.8 Å². The van der Waals surface area contributed by atoms with Crippen LogP contribution >= 0.6 is 15.9 Å². The number of carbonyl (C=O) groups excluding carboxylic acids is 1. The van der Waals surface area contributed by atoms with E-state index >= 15 is 0 Å². The highest BCUT2D eigenvalue weighted by Crippen LogP contribution is 2.24. The second kappa shape index (κ2) is 7.33. The molecule has 1 saturated carbocycles. The second-order valence-electron chi connectivity index (χ2n) is 4.43. The SMILES string of the molecule is O=C(CCOCC(F)(F)F)NC1CCC(Br)CC1. The molecule has 0 spiro atoms. The van der Waals surface area contributed by atoms with E-state index in [0.29, 0.717) is 4.83 Å². The normalized spacial score (nSPS) is 24.9. The van der Waals surface area contributed by atoms with Gasteiger partial charge < -0.3 is 10.1 Å². The highest BCUT2D eigenvalue weighted by atomic mass is 79.9. The lowest BCUT2D eigenvalue weighted by Crippen LogP contribution is -2.38. The summed E-state index contributed by atoms with van der Waals surface area (Å²) >= 11 is 3.51. The van der Waals surface area contributed by atoms with Crippen LogP contribution in [-0.2, 0) is 9.53 Å². The Hall–Kier alpha value is -0.300. The van der Waals surface area contributed by atoms with E-state index in [9.17, 15) is 18.0 Å². The van der Waals surface area contributed by atoms with Gasteiger partial charge in [0.25, 0.3) is 0 Å². The van der Waals surface area contributed by atoms with E-state index in [0.717, 1.165) is 25.7 Å². The van der Waals surface area contributed by atoms with Crippen LogP contribution in [0.1, 0.15) is 32.1 Å². The molecule has 0 aromatic carbocycles. The van der Waals surface area contributed by atoms with Crippen LogP contribution in [0.4, 0.5) is 13.2 Å². The van der Waals surface area contributed by atoms with Gasteiger partial charge >= 0.3 is 6.18 Å². The molecule has 1 amide bonds. The van der Waals surface area contributed by atoms with Gasteiger partial charge in [-0.05, 0) is 25.7 Å². The molecular weight excluding hydrogens is 315 g/mol. The fourth-order valence-corrected chi connectivity index (χ4v) is 2.38. The molecule has 1 aliphatic carbocycles. The molecule has 0 aromatic rings. The molecule has 1 fully saturated rings. The summed E-state index contributed by atoms with van der Waals surface area (Å²) in [6.45, 7) is -1.49. The zero-order valence-electron chi connectivity index (χ0n) is 9.93. The van der Waals surface area contributed by atoms with Gasteiger partial charge in [-0.1, -0.05) is 15.9 Å². The van der Waals surface area contributed by atoms with Crippen molar-refractivity contribution in [2.24, 2.45) is 0 Å². The van der Waals surface area contributed by atoms with Crippen LogP contribution in [0.2, 0.25) is 0 Å². The molecule has 0 unspecified atom stereocenters. The number of amides is 1. The summed E-state index contributed by atoms with van der Waals surface area (Å²) in [6.07, 6.45) is -0.518. The lowest BCUT2D eigenvalue weighted by Gasteiger charge is -2.26. The Morgan fingerprint density at radius 2 is 1.89 bits per heavy atom. The minimum atomic E-state index is -4.33. The molecule has 0 aromatic heterocycles. The van der Waals surface area contributed by atoms with Crippen molar-refractivity contribution in [2.45, 2.75) is 49.1 Å². The Morgan fingerprint density at radius 3 is 2.44 bits per heavy atom. The molecule has 1 rings (SSSR count). The molecule has 1 aliphatic rings. The van der Waals surface area contributed by atoms with Crippen LogP contribution in [0, 0.1) is 0 Å². The molecule has 0 radical (unpaired) electrons. The van der Waals surface area contributed by atoms with Gasteiger partial charge in [0, 0.05) is 17.3 Å². The number of hydrogen-bond donors (Lipinski definition) is 1. The van der Waals surface area contributed by atoms with Crippen molar-refractivity contribution < 1.29 is 22.7 Å². The van der Waals surface area contributed by atoms with E-state index in [1.807, 2.05) is 0 Å². The van der Waals surface area contributed by atoms with Crippen molar-refractivity contribution >= 4 is 21.8 Å². The van der Waals surface area contributed by atoms with Crippen molar-refractivity contribution in [1.29, 1.82) is 0 Å². The number of halogens is 4. The van der Waals surface area contributed by atoms with E-state index in [4.69, 9.17) is 0 Å². The van der Waals surface area contributed by atoms with Crippen molar-refractivity contribution in [3.63, 3.8) is 0 Å². The Labute approximate surface area is 113 Å². The maximum atomic E-state index is 11.8. The summed E-state index contributed by atoms with van der Waals surface area (Å²) in [7, 11) is 0. The maximum absolute atomic E-state index is 11.8. The number of hydrogen-bond acceptors (Lipinski definition) is 2. The summed E-state index contributed by atoms with van der Waals surface area (Å²) < 4.78 is 39.7. The molecule has 0 bridgehead atoms. The Kier molecular flexibility index (Phi) is 6.42. The largest absolute Gasteiger partial charge is 0.411 e. The lowest BCUT2D eigenvalue weighted by molar-refractivity contribution is -0.174. The van der Waals surface area contributed by atoms with Gasteiger partial charge in [-0.25, -0.2) is 0 Å². The molecule has 0 heterocycles. The highest BCUT2D eigenvalue weighted by Gasteiger charge is 2.27. The van der Waals surface area contributed by atoms with Gasteiger partial charge in [-0.2, -0.15) is 13.2 Å². The molecule has 18 heavy (non-hydrogen) atoms. The minimum Gasteiger partial charge on any atom is -0.372 e. The van der Waals surface area contributed by atoms with Crippen molar-refractivity contribution in [3.05, 3.63) is 0 Å². The van der Waals surface area contributed by atoms with Crippen molar-refractivity contribution in [3.8, 4) is 0 Å². The summed E-state index contributed by atoms with van der Waals surface area (Å²) in [4.78, 5) is 11.9. The third-order valence-corrected chi connectivity index (χ3v) is 3.68. The van der Waals surface area contributed by atoms with Gasteiger partial charge in [0.15, 0.2) is 0 Å². The quantitative estimate of drug-likeness (QED) is 0.621. The standard InChI is InChI=1S/C11H17BrF3NO2/c12-8-1-3-9(4-2-8)16-10(17)5-6-18-7-11(13,14)15/h8-9H,1-7H2,(H,16,17). The molecule has 3 nitrogen and oxygen atoms in total. The Balaban J connectivity index is 2.07. The van der Waals surface area contributed by atoms with Gasteiger partial charge in [0.1, 0.15) is 6.61 Å². The van der Waals surface area contributed by atoms with Crippen LogP contribution in [-0.4, -0.2) is 36.2 Å². The predicted octanol–water partition coefficient (Wildman–Crippen LogP) is 2.78. The molecule has 0 aliphatic heterocycles. The van der Waals surface area contributed by atoms with Crippen LogP contribution < -0.4 is 5.32 Å². The van der Waals surface area contributed by atoms with Crippen molar-refractivity contribution in [2.75, 3.05) is 13.2 Å². The second-order valence-corrected chi connectivity index (χ2v) is 5.73. The number of ether oxygens (including phenoxy) is 1. The van der Waals surface area contributed by atoms with E-state index in [2.05, 4.69) is 26.0 Å².